The summed E-state index contributed by atoms with van der Waals surface area (Å²) < 4.78 is 6.41. The molecule has 1 amide bonds. The molecule has 0 spiro atoms. The van der Waals surface area contributed by atoms with Crippen LogP contribution in [0.3, 0.4) is 0 Å². The molecular formula is C16H15BrClNO2. The minimum Gasteiger partial charge on any atom is -0.482 e. The number of amides is 1. The molecule has 0 bridgehead atoms. The summed E-state index contributed by atoms with van der Waals surface area (Å²) in [6.45, 7) is 3.73. The molecule has 0 radical (unpaired) electrons. The lowest BCUT2D eigenvalue weighted by atomic mass is 10.2. The van der Waals surface area contributed by atoms with Gasteiger partial charge in [0.1, 0.15) is 5.75 Å². The van der Waals surface area contributed by atoms with Gasteiger partial charge in [-0.15, -0.1) is 0 Å². The van der Waals surface area contributed by atoms with Crippen molar-refractivity contribution in [3.8, 4) is 5.75 Å². The van der Waals surface area contributed by atoms with Gasteiger partial charge in [0.25, 0.3) is 5.91 Å². The molecule has 0 aliphatic carbocycles. The van der Waals surface area contributed by atoms with Crippen molar-refractivity contribution in [1.82, 2.24) is 0 Å². The number of hydrogen-bond acceptors (Lipinski definition) is 2. The van der Waals surface area contributed by atoms with Crippen molar-refractivity contribution < 1.29 is 9.53 Å². The van der Waals surface area contributed by atoms with E-state index >= 15 is 0 Å². The molecule has 110 valence electrons. The van der Waals surface area contributed by atoms with E-state index in [0.717, 1.165) is 21.3 Å². The number of rotatable bonds is 4. The summed E-state index contributed by atoms with van der Waals surface area (Å²) in [4.78, 5) is 11.9. The van der Waals surface area contributed by atoms with Crippen LogP contribution in [0, 0.1) is 13.8 Å². The molecule has 0 saturated carbocycles. The molecule has 0 unspecified atom stereocenters. The minimum absolute atomic E-state index is 0.0868. The molecule has 2 aromatic carbocycles. The number of carbonyl (C=O) groups is 1. The normalized spacial score (nSPS) is 10.3. The van der Waals surface area contributed by atoms with Gasteiger partial charge in [0.2, 0.25) is 0 Å². The highest BCUT2D eigenvalue weighted by Crippen LogP contribution is 2.31. The summed E-state index contributed by atoms with van der Waals surface area (Å²) >= 11 is 9.48. The molecule has 2 aromatic rings. The number of nitrogens with one attached hydrogen (secondary N) is 1. The zero-order chi connectivity index (χ0) is 15.4. The highest BCUT2D eigenvalue weighted by molar-refractivity contribution is 9.10. The Morgan fingerprint density at radius 3 is 2.62 bits per heavy atom. The summed E-state index contributed by atoms with van der Waals surface area (Å²) in [6.07, 6.45) is 0. The molecule has 5 heteroatoms. The maximum absolute atomic E-state index is 11.9. The number of carbonyl (C=O) groups excluding carboxylic acids is 1. The predicted molar refractivity (Wildman–Crippen MR) is 89.2 cm³/mol. The van der Waals surface area contributed by atoms with Crippen molar-refractivity contribution >= 4 is 39.1 Å². The summed E-state index contributed by atoms with van der Waals surface area (Å²) in [5, 5.41) is 3.29. The first-order chi connectivity index (χ1) is 9.97. The Morgan fingerprint density at radius 2 is 1.95 bits per heavy atom. The van der Waals surface area contributed by atoms with Gasteiger partial charge in [-0.1, -0.05) is 45.7 Å². The van der Waals surface area contributed by atoms with Crippen LogP contribution in [0.1, 0.15) is 11.1 Å². The van der Waals surface area contributed by atoms with Gasteiger partial charge in [0, 0.05) is 10.2 Å². The van der Waals surface area contributed by atoms with Crippen LogP contribution in [-0.4, -0.2) is 12.5 Å². The zero-order valence-electron chi connectivity index (χ0n) is 11.7. The Balaban J connectivity index is 2.01. The smallest absolute Gasteiger partial charge is 0.262 e. The predicted octanol–water partition coefficient (Wildman–Crippen LogP) is 4.74. The number of aryl methyl sites for hydroxylation is 2. The van der Waals surface area contributed by atoms with Crippen molar-refractivity contribution in [2.45, 2.75) is 13.8 Å². The number of para-hydroxylation sites is 1. The molecule has 0 fully saturated rings. The standard InChI is InChI=1S/C16H15BrClNO2/c1-10-5-3-4-6-14(10)19-15(20)9-21-16-11(2)7-12(17)8-13(16)18/h3-8H,9H2,1-2H3,(H,19,20). The summed E-state index contributed by atoms with van der Waals surface area (Å²) in [5.41, 5.74) is 2.66. The lowest BCUT2D eigenvalue weighted by Gasteiger charge is -2.12. The van der Waals surface area contributed by atoms with E-state index in [1.807, 2.05) is 44.2 Å². The van der Waals surface area contributed by atoms with Crippen molar-refractivity contribution in [3.63, 3.8) is 0 Å². The quantitative estimate of drug-likeness (QED) is 0.846. The summed E-state index contributed by atoms with van der Waals surface area (Å²) in [7, 11) is 0. The van der Waals surface area contributed by atoms with E-state index < -0.39 is 0 Å². The van der Waals surface area contributed by atoms with Crippen LogP contribution < -0.4 is 10.1 Å². The van der Waals surface area contributed by atoms with E-state index in [1.54, 1.807) is 6.07 Å². The van der Waals surface area contributed by atoms with E-state index in [-0.39, 0.29) is 12.5 Å². The van der Waals surface area contributed by atoms with Crippen molar-refractivity contribution in [2.75, 3.05) is 11.9 Å². The van der Waals surface area contributed by atoms with Crippen LogP contribution in [0.4, 0.5) is 5.69 Å². The molecule has 2 rings (SSSR count). The average molecular weight is 369 g/mol. The van der Waals surface area contributed by atoms with Gasteiger partial charge in [-0.05, 0) is 43.2 Å². The fourth-order valence-electron chi connectivity index (χ4n) is 1.91. The fourth-order valence-corrected chi connectivity index (χ4v) is 2.93. The Kier molecular flexibility index (Phi) is 5.26. The van der Waals surface area contributed by atoms with E-state index in [1.165, 1.54) is 0 Å². The van der Waals surface area contributed by atoms with E-state index in [2.05, 4.69) is 21.2 Å². The molecule has 0 saturated heterocycles. The lowest BCUT2D eigenvalue weighted by molar-refractivity contribution is -0.118. The van der Waals surface area contributed by atoms with Crippen LogP contribution >= 0.6 is 27.5 Å². The molecule has 0 atom stereocenters. The molecular weight excluding hydrogens is 354 g/mol. The lowest BCUT2D eigenvalue weighted by Crippen LogP contribution is -2.21. The first kappa shape index (κ1) is 15.9. The van der Waals surface area contributed by atoms with Crippen molar-refractivity contribution in [2.24, 2.45) is 0 Å². The van der Waals surface area contributed by atoms with E-state index in [4.69, 9.17) is 16.3 Å². The second kappa shape index (κ2) is 6.96. The fraction of sp³-hybridized carbons (Fsp3) is 0.188. The highest BCUT2D eigenvalue weighted by atomic mass is 79.9. The van der Waals surface area contributed by atoms with Gasteiger partial charge in [-0.3, -0.25) is 4.79 Å². The maximum Gasteiger partial charge on any atom is 0.262 e. The Labute approximate surface area is 137 Å². The maximum atomic E-state index is 11.9. The van der Waals surface area contributed by atoms with Crippen molar-refractivity contribution in [1.29, 1.82) is 0 Å². The largest absolute Gasteiger partial charge is 0.482 e. The Hall–Kier alpha value is -1.52. The zero-order valence-corrected chi connectivity index (χ0v) is 14.1. The van der Waals surface area contributed by atoms with Crippen LogP contribution in [0.15, 0.2) is 40.9 Å². The van der Waals surface area contributed by atoms with Gasteiger partial charge >= 0.3 is 0 Å². The van der Waals surface area contributed by atoms with Gasteiger partial charge < -0.3 is 10.1 Å². The third-order valence-corrected chi connectivity index (χ3v) is 3.70. The Bertz CT molecular complexity index is 650. The Morgan fingerprint density at radius 1 is 1.24 bits per heavy atom. The van der Waals surface area contributed by atoms with E-state index in [9.17, 15) is 4.79 Å². The molecule has 0 aromatic heterocycles. The molecule has 3 nitrogen and oxygen atoms in total. The number of anilines is 1. The van der Waals surface area contributed by atoms with Crippen LogP contribution in [0.2, 0.25) is 5.02 Å². The SMILES string of the molecule is Cc1ccccc1NC(=O)COc1c(C)cc(Br)cc1Cl. The number of halogens is 2. The molecule has 1 N–H and O–H groups in total. The van der Waals surface area contributed by atoms with Crippen LogP contribution in [-0.2, 0) is 4.79 Å². The summed E-state index contributed by atoms with van der Waals surface area (Å²) in [5.74, 6) is 0.308. The average Bonchev–Trinajstić information content (AvgIpc) is 2.40. The van der Waals surface area contributed by atoms with Gasteiger partial charge in [0.15, 0.2) is 6.61 Å². The van der Waals surface area contributed by atoms with Gasteiger partial charge in [0.05, 0.1) is 5.02 Å². The molecule has 0 heterocycles. The van der Waals surface area contributed by atoms with Crippen LogP contribution in [0.25, 0.3) is 0 Å². The third-order valence-electron chi connectivity index (χ3n) is 2.96. The molecule has 0 aliphatic heterocycles. The number of hydrogen-bond donors (Lipinski definition) is 1. The molecule has 0 aliphatic rings. The summed E-state index contributed by atoms with van der Waals surface area (Å²) in [6, 6.07) is 11.2. The minimum atomic E-state index is -0.220. The van der Waals surface area contributed by atoms with Gasteiger partial charge in [-0.2, -0.15) is 0 Å². The first-order valence-electron chi connectivity index (χ1n) is 6.41. The van der Waals surface area contributed by atoms with Crippen molar-refractivity contribution in [3.05, 3.63) is 57.0 Å². The van der Waals surface area contributed by atoms with E-state index in [0.29, 0.717) is 10.8 Å². The third kappa shape index (κ3) is 4.22. The monoisotopic (exact) mass is 367 g/mol. The number of ether oxygens (including phenoxy) is 1. The topological polar surface area (TPSA) is 38.3 Å². The van der Waals surface area contributed by atoms with Gasteiger partial charge in [-0.25, -0.2) is 0 Å². The first-order valence-corrected chi connectivity index (χ1v) is 7.58. The molecule has 21 heavy (non-hydrogen) atoms. The number of benzene rings is 2. The second-order valence-electron chi connectivity index (χ2n) is 4.69. The highest BCUT2D eigenvalue weighted by Gasteiger charge is 2.10. The second-order valence-corrected chi connectivity index (χ2v) is 6.01. The van der Waals surface area contributed by atoms with Crippen LogP contribution in [0.5, 0.6) is 5.75 Å².